The third kappa shape index (κ3) is 5.63. The molecule has 3 N–H and O–H groups in total. The van der Waals surface area contributed by atoms with Crippen LogP contribution in [0.1, 0.15) is 51.0 Å². The standard InChI is InChI=1S/C18H28N6O3/c1-5-19-17(27)24-10-6-12(7-11-24)22-15(25)13-14(21-9-8-20-13)23-16(26)18(2,3)4/h8-9,12H,5-7,10-11H2,1-4H3,(H,19,27)(H,22,25)(H,21,23,26). The van der Waals surface area contributed by atoms with Crippen LogP contribution in [0.3, 0.4) is 0 Å². The molecular formula is C18H28N6O3. The Balaban J connectivity index is 1.97. The minimum Gasteiger partial charge on any atom is -0.348 e. The number of nitrogens with one attached hydrogen (secondary N) is 3. The number of piperidine rings is 1. The van der Waals surface area contributed by atoms with E-state index in [-0.39, 0.29) is 35.4 Å². The maximum absolute atomic E-state index is 12.6. The average molecular weight is 376 g/mol. The molecule has 1 fully saturated rings. The van der Waals surface area contributed by atoms with Crippen molar-refractivity contribution in [2.24, 2.45) is 5.41 Å². The molecule has 1 aliphatic rings. The number of carbonyl (C=O) groups excluding carboxylic acids is 3. The zero-order valence-electron chi connectivity index (χ0n) is 16.3. The quantitative estimate of drug-likeness (QED) is 0.734. The summed E-state index contributed by atoms with van der Waals surface area (Å²) in [5.41, 5.74) is -0.529. The lowest BCUT2D eigenvalue weighted by Gasteiger charge is -2.32. The van der Waals surface area contributed by atoms with E-state index in [0.29, 0.717) is 32.5 Å². The van der Waals surface area contributed by atoms with Gasteiger partial charge in [-0.05, 0) is 19.8 Å². The second-order valence-corrected chi connectivity index (χ2v) is 7.53. The monoisotopic (exact) mass is 376 g/mol. The van der Waals surface area contributed by atoms with Crippen molar-refractivity contribution in [3.8, 4) is 0 Å². The van der Waals surface area contributed by atoms with Crippen molar-refractivity contribution in [1.82, 2.24) is 25.5 Å². The van der Waals surface area contributed by atoms with E-state index in [2.05, 4.69) is 25.9 Å². The van der Waals surface area contributed by atoms with Gasteiger partial charge in [-0.25, -0.2) is 14.8 Å². The van der Waals surface area contributed by atoms with E-state index < -0.39 is 5.41 Å². The number of hydrogen-bond donors (Lipinski definition) is 3. The van der Waals surface area contributed by atoms with Gasteiger partial charge >= 0.3 is 6.03 Å². The molecule has 0 saturated carbocycles. The van der Waals surface area contributed by atoms with E-state index >= 15 is 0 Å². The van der Waals surface area contributed by atoms with E-state index in [0.717, 1.165) is 0 Å². The van der Waals surface area contributed by atoms with E-state index in [1.807, 2.05) is 6.92 Å². The van der Waals surface area contributed by atoms with Crippen LogP contribution in [0.15, 0.2) is 12.4 Å². The predicted octanol–water partition coefficient (Wildman–Crippen LogP) is 1.38. The molecule has 9 nitrogen and oxygen atoms in total. The number of likely N-dealkylation sites (tertiary alicyclic amines) is 1. The first-order valence-electron chi connectivity index (χ1n) is 9.18. The molecule has 4 amide bonds. The highest BCUT2D eigenvalue weighted by molar-refractivity contribution is 6.02. The molecule has 0 unspecified atom stereocenters. The number of rotatable bonds is 4. The molecule has 1 saturated heterocycles. The first-order chi connectivity index (χ1) is 12.7. The Morgan fingerprint density at radius 1 is 1.15 bits per heavy atom. The van der Waals surface area contributed by atoms with Crippen LogP contribution in [0.2, 0.25) is 0 Å². The van der Waals surface area contributed by atoms with Gasteiger partial charge in [0.15, 0.2) is 11.5 Å². The molecule has 0 spiro atoms. The van der Waals surface area contributed by atoms with Crippen molar-refractivity contribution in [2.45, 2.75) is 46.6 Å². The van der Waals surface area contributed by atoms with Crippen LogP contribution in [0, 0.1) is 5.41 Å². The van der Waals surface area contributed by atoms with Crippen LogP contribution in [0.5, 0.6) is 0 Å². The number of aromatic nitrogens is 2. The molecule has 0 aliphatic carbocycles. The molecule has 0 atom stereocenters. The van der Waals surface area contributed by atoms with Crippen molar-refractivity contribution in [3.63, 3.8) is 0 Å². The topological polar surface area (TPSA) is 116 Å². The van der Waals surface area contributed by atoms with Crippen molar-refractivity contribution in [1.29, 1.82) is 0 Å². The molecule has 9 heteroatoms. The Morgan fingerprint density at radius 3 is 2.37 bits per heavy atom. The van der Waals surface area contributed by atoms with Crippen LogP contribution >= 0.6 is 0 Å². The lowest BCUT2D eigenvalue weighted by molar-refractivity contribution is -0.123. The summed E-state index contributed by atoms with van der Waals surface area (Å²) < 4.78 is 0. The average Bonchev–Trinajstić information content (AvgIpc) is 2.62. The predicted molar refractivity (Wildman–Crippen MR) is 101 cm³/mol. The highest BCUT2D eigenvalue weighted by atomic mass is 16.2. The number of urea groups is 1. The van der Waals surface area contributed by atoms with Gasteiger partial charge in [-0.2, -0.15) is 0 Å². The smallest absolute Gasteiger partial charge is 0.317 e. The highest BCUT2D eigenvalue weighted by Gasteiger charge is 2.27. The number of nitrogens with zero attached hydrogens (tertiary/aromatic N) is 3. The van der Waals surface area contributed by atoms with Gasteiger partial charge in [0.1, 0.15) is 0 Å². The summed E-state index contributed by atoms with van der Waals surface area (Å²) in [4.78, 5) is 46.6. The van der Waals surface area contributed by atoms with Crippen molar-refractivity contribution >= 4 is 23.7 Å². The third-order valence-corrected chi connectivity index (χ3v) is 4.27. The SMILES string of the molecule is CCNC(=O)N1CCC(NC(=O)c2nccnc2NC(=O)C(C)(C)C)CC1. The van der Waals surface area contributed by atoms with Crippen LogP contribution in [-0.4, -0.2) is 58.4 Å². The summed E-state index contributed by atoms with van der Waals surface area (Å²) in [6, 6.07) is -0.139. The summed E-state index contributed by atoms with van der Waals surface area (Å²) in [6.45, 7) is 8.95. The number of hydrogen-bond acceptors (Lipinski definition) is 5. The van der Waals surface area contributed by atoms with Gasteiger partial charge in [-0.1, -0.05) is 20.8 Å². The summed E-state index contributed by atoms with van der Waals surface area (Å²) in [5.74, 6) is -0.481. The summed E-state index contributed by atoms with van der Waals surface area (Å²) in [6.07, 6.45) is 4.17. The van der Waals surface area contributed by atoms with Crippen LogP contribution in [-0.2, 0) is 4.79 Å². The fraction of sp³-hybridized carbons (Fsp3) is 0.611. The Kier molecular flexibility index (Phi) is 6.70. The zero-order valence-corrected chi connectivity index (χ0v) is 16.3. The van der Waals surface area contributed by atoms with Crippen LogP contribution in [0.25, 0.3) is 0 Å². The molecule has 0 bridgehead atoms. The van der Waals surface area contributed by atoms with Crippen molar-refractivity contribution < 1.29 is 14.4 Å². The van der Waals surface area contributed by atoms with Gasteiger partial charge in [0.2, 0.25) is 5.91 Å². The number of amides is 4. The maximum Gasteiger partial charge on any atom is 0.317 e. The van der Waals surface area contributed by atoms with E-state index in [1.165, 1.54) is 12.4 Å². The van der Waals surface area contributed by atoms with E-state index in [1.54, 1.807) is 25.7 Å². The lowest BCUT2D eigenvalue weighted by atomic mass is 9.96. The first-order valence-corrected chi connectivity index (χ1v) is 9.18. The molecule has 1 aromatic heterocycles. The van der Waals surface area contributed by atoms with Crippen molar-refractivity contribution in [3.05, 3.63) is 18.1 Å². The van der Waals surface area contributed by atoms with Crippen LogP contribution in [0.4, 0.5) is 10.6 Å². The minimum atomic E-state index is -0.614. The molecule has 1 aromatic rings. The lowest BCUT2D eigenvalue weighted by Crippen LogP contribution is -2.49. The minimum absolute atomic E-state index is 0.0589. The number of carbonyl (C=O) groups is 3. The first kappa shape index (κ1) is 20.6. The van der Waals surface area contributed by atoms with E-state index in [4.69, 9.17) is 0 Å². The summed E-state index contributed by atoms with van der Waals surface area (Å²) in [5, 5.41) is 8.37. The van der Waals surface area contributed by atoms with Gasteiger partial charge in [0.25, 0.3) is 5.91 Å². The summed E-state index contributed by atoms with van der Waals surface area (Å²) in [7, 11) is 0. The maximum atomic E-state index is 12.6. The van der Waals surface area contributed by atoms with E-state index in [9.17, 15) is 14.4 Å². The van der Waals surface area contributed by atoms with Gasteiger partial charge in [0, 0.05) is 43.5 Å². The normalized spacial score (nSPS) is 15.2. The molecule has 2 heterocycles. The molecular weight excluding hydrogens is 348 g/mol. The Morgan fingerprint density at radius 2 is 1.78 bits per heavy atom. The largest absolute Gasteiger partial charge is 0.348 e. The van der Waals surface area contributed by atoms with Gasteiger partial charge in [0.05, 0.1) is 0 Å². The summed E-state index contributed by atoms with van der Waals surface area (Å²) >= 11 is 0. The Hall–Kier alpha value is -2.71. The number of anilines is 1. The Bertz CT molecular complexity index is 693. The second kappa shape index (κ2) is 8.79. The molecule has 27 heavy (non-hydrogen) atoms. The van der Waals surface area contributed by atoms with Crippen LogP contribution < -0.4 is 16.0 Å². The molecule has 0 radical (unpaired) electrons. The zero-order chi connectivity index (χ0) is 20.0. The van der Waals surface area contributed by atoms with Gasteiger partial charge in [-0.15, -0.1) is 0 Å². The molecule has 0 aromatic carbocycles. The second-order valence-electron chi connectivity index (χ2n) is 7.53. The fourth-order valence-corrected chi connectivity index (χ4v) is 2.63. The highest BCUT2D eigenvalue weighted by Crippen LogP contribution is 2.18. The molecule has 2 rings (SSSR count). The molecule has 148 valence electrons. The third-order valence-electron chi connectivity index (χ3n) is 4.27. The van der Waals surface area contributed by atoms with Gasteiger partial charge in [-0.3, -0.25) is 9.59 Å². The van der Waals surface area contributed by atoms with Crippen molar-refractivity contribution in [2.75, 3.05) is 25.0 Å². The molecule has 1 aliphatic heterocycles. The Labute approximate surface area is 159 Å². The van der Waals surface area contributed by atoms with Gasteiger partial charge < -0.3 is 20.9 Å². The fourth-order valence-electron chi connectivity index (χ4n) is 2.63.